The van der Waals surface area contributed by atoms with Gasteiger partial charge in [0, 0.05) is 56.3 Å². The summed E-state index contributed by atoms with van der Waals surface area (Å²) in [7, 11) is 0. The monoisotopic (exact) mass is 370 g/mol. The third-order valence-corrected chi connectivity index (χ3v) is 7.11. The maximum atomic E-state index is 5.70. The lowest BCUT2D eigenvalue weighted by Gasteiger charge is -2.26. The van der Waals surface area contributed by atoms with E-state index in [-0.39, 0.29) is 0 Å². The summed E-state index contributed by atoms with van der Waals surface area (Å²) in [6, 6.07) is 2.21. The molecule has 6 heterocycles. The predicted octanol–water partition coefficient (Wildman–Crippen LogP) is 1.36. The molecule has 144 valence electrons. The van der Waals surface area contributed by atoms with Gasteiger partial charge in [0.1, 0.15) is 18.0 Å². The normalized spacial score (nSPS) is 33.5. The van der Waals surface area contributed by atoms with E-state index in [1.165, 1.54) is 12.8 Å². The second kappa shape index (κ2) is 5.78. The van der Waals surface area contributed by atoms with Gasteiger partial charge in [0.15, 0.2) is 0 Å². The molecule has 0 N–H and O–H groups in total. The Balaban J connectivity index is 1.33. The Hall–Kier alpha value is -1.93. The Kier molecular flexibility index (Phi) is 3.44. The molecule has 6 rings (SSSR count). The first-order valence-corrected chi connectivity index (χ1v) is 10.1. The van der Waals surface area contributed by atoms with Crippen LogP contribution in [0.25, 0.3) is 5.78 Å². The summed E-state index contributed by atoms with van der Waals surface area (Å²) >= 11 is 0. The molecule has 0 amide bonds. The Labute approximate surface area is 158 Å². The van der Waals surface area contributed by atoms with Crippen LogP contribution in [0.5, 0.6) is 0 Å². The Morgan fingerprint density at radius 1 is 0.889 bits per heavy atom. The second-order valence-corrected chi connectivity index (χ2v) is 8.89. The summed E-state index contributed by atoms with van der Waals surface area (Å²) in [6.45, 7) is 7.71. The van der Waals surface area contributed by atoms with Crippen LogP contribution in [0.4, 0.5) is 11.6 Å². The quantitative estimate of drug-likeness (QED) is 0.791. The zero-order chi connectivity index (χ0) is 17.9. The molecular weight excluding hydrogens is 344 g/mol. The van der Waals surface area contributed by atoms with E-state index in [2.05, 4.69) is 25.9 Å². The average Bonchev–Trinajstić information content (AvgIpc) is 3.49. The van der Waals surface area contributed by atoms with Crippen LogP contribution < -0.4 is 9.80 Å². The minimum absolute atomic E-state index is 0.315. The third-order valence-electron chi connectivity index (χ3n) is 7.11. The van der Waals surface area contributed by atoms with Gasteiger partial charge >= 0.3 is 0 Å². The van der Waals surface area contributed by atoms with Crippen LogP contribution in [0.15, 0.2) is 12.4 Å². The number of nitrogens with zero attached hydrogens (tertiary/aromatic N) is 6. The number of rotatable bonds is 2. The molecule has 27 heavy (non-hydrogen) atoms. The molecule has 2 spiro atoms. The molecule has 4 fully saturated rings. The molecule has 8 heteroatoms. The molecule has 4 aliphatic heterocycles. The fraction of sp³-hybridized carbons (Fsp3) is 0.737. The van der Waals surface area contributed by atoms with Crippen LogP contribution in [-0.4, -0.2) is 72.2 Å². The molecular formula is C19H26N6O2. The van der Waals surface area contributed by atoms with E-state index in [0.29, 0.717) is 16.6 Å². The first-order valence-electron chi connectivity index (χ1n) is 10.1. The van der Waals surface area contributed by atoms with E-state index in [4.69, 9.17) is 14.5 Å². The van der Waals surface area contributed by atoms with Gasteiger partial charge in [-0.2, -0.15) is 19.6 Å². The van der Waals surface area contributed by atoms with Gasteiger partial charge in [0.2, 0.25) is 0 Å². The van der Waals surface area contributed by atoms with Crippen LogP contribution in [0.3, 0.4) is 0 Å². The summed E-state index contributed by atoms with van der Waals surface area (Å²) in [5.74, 6) is 2.83. The van der Waals surface area contributed by atoms with Crippen LogP contribution >= 0.6 is 0 Å². The van der Waals surface area contributed by atoms with E-state index < -0.39 is 0 Å². The lowest BCUT2D eigenvalue weighted by molar-refractivity contribution is 0.160. The van der Waals surface area contributed by atoms with Crippen molar-refractivity contribution in [1.82, 2.24) is 19.6 Å². The van der Waals surface area contributed by atoms with Gasteiger partial charge in [0.25, 0.3) is 5.78 Å². The lowest BCUT2D eigenvalue weighted by atomic mass is 9.87. The van der Waals surface area contributed by atoms with Crippen molar-refractivity contribution in [1.29, 1.82) is 0 Å². The van der Waals surface area contributed by atoms with E-state index in [0.717, 1.165) is 77.1 Å². The van der Waals surface area contributed by atoms with Gasteiger partial charge in [-0.25, -0.2) is 0 Å². The van der Waals surface area contributed by atoms with Crippen LogP contribution in [0.1, 0.15) is 25.7 Å². The van der Waals surface area contributed by atoms with Gasteiger partial charge in [-0.05, 0) is 25.7 Å². The highest BCUT2D eigenvalue weighted by molar-refractivity contribution is 5.58. The highest BCUT2D eigenvalue weighted by Gasteiger charge is 2.43. The average molecular weight is 370 g/mol. The minimum Gasteiger partial charge on any atom is -0.381 e. The maximum Gasteiger partial charge on any atom is 0.256 e. The van der Waals surface area contributed by atoms with Crippen molar-refractivity contribution in [3.63, 3.8) is 0 Å². The first kappa shape index (κ1) is 16.1. The highest BCUT2D eigenvalue weighted by atomic mass is 16.5. The van der Waals surface area contributed by atoms with Gasteiger partial charge < -0.3 is 19.3 Å². The Morgan fingerprint density at radius 3 is 2.30 bits per heavy atom. The highest BCUT2D eigenvalue weighted by Crippen LogP contribution is 2.42. The molecule has 0 bridgehead atoms. The van der Waals surface area contributed by atoms with Crippen LogP contribution in [0.2, 0.25) is 0 Å². The molecule has 0 unspecified atom stereocenters. The smallest absolute Gasteiger partial charge is 0.256 e. The van der Waals surface area contributed by atoms with Crippen molar-refractivity contribution in [3.8, 4) is 0 Å². The summed E-state index contributed by atoms with van der Waals surface area (Å²) in [6.07, 6.45) is 6.31. The zero-order valence-electron chi connectivity index (χ0n) is 15.6. The Morgan fingerprint density at radius 2 is 1.59 bits per heavy atom. The molecule has 2 aromatic heterocycles. The first-order chi connectivity index (χ1) is 13.2. The number of aromatic nitrogens is 4. The number of anilines is 2. The van der Waals surface area contributed by atoms with Gasteiger partial charge in [0.05, 0.1) is 13.2 Å². The zero-order valence-corrected chi connectivity index (χ0v) is 15.6. The topological polar surface area (TPSA) is 68.0 Å². The van der Waals surface area contributed by atoms with Crippen molar-refractivity contribution in [2.24, 2.45) is 10.8 Å². The van der Waals surface area contributed by atoms with Crippen molar-refractivity contribution in [3.05, 3.63) is 12.4 Å². The van der Waals surface area contributed by atoms with Crippen molar-refractivity contribution < 1.29 is 9.47 Å². The Bertz CT molecular complexity index is 855. The molecule has 0 radical (unpaired) electrons. The summed E-state index contributed by atoms with van der Waals surface area (Å²) < 4.78 is 13.3. The number of ether oxygens (including phenoxy) is 2. The number of hydrogen-bond donors (Lipinski definition) is 0. The molecule has 2 aromatic rings. The summed E-state index contributed by atoms with van der Waals surface area (Å²) in [5, 5.41) is 4.45. The fourth-order valence-electron chi connectivity index (χ4n) is 5.38. The van der Waals surface area contributed by atoms with E-state index in [1.807, 2.05) is 4.52 Å². The fourth-order valence-corrected chi connectivity index (χ4v) is 5.38. The molecule has 0 aliphatic carbocycles. The molecule has 4 saturated heterocycles. The number of hydrogen-bond acceptors (Lipinski definition) is 7. The second-order valence-electron chi connectivity index (χ2n) is 8.89. The molecule has 8 nitrogen and oxygen atoms in total. The van der Waals surface area contributed by atoms with Gasteiger partial charge in [-0.1, -0.05) is 0 Å². The molecule has 0 saturated carbocycles. The SMILES string of the molecule is c1nc2nc(N3CC[C@]4(CCOC4)C3)cc(N3CC[C@]4(CCOC4)C3)n2n1. The van der Waals surface area contributed by atoms with E-state index in [1.54, 1.807) is 6.33 Å². The van der Waals surface area contributed by atoms with E-state index >= 15 is 0 Å². The lowest BCUT2D eigenvalue weighted by Crippen LogP contribution is -2.30. The molecule has 0 aromatic carbocycles. The summed E-state index contributed by atoms with van der Waals surface area (Å²) in [5.41, 5.74) is 0.635. The maximum absolute atomic E-state index is 5.70. The van der Waals surface area contributed by atoms with Crippen LogP contribution in [-0.2, 0) is 9.47 Å². The van der Waals surface area contributed by atoms with Gasteiger partial charge in [-0.15, -0.1) is 0 Å². The molecule has 4 aliphatic rings. The predicted molar refractivity (Wildman–Crippen MR) is 100 cm³/mol. The van der Waals surface area contributed by atoms with Crippen LogP contribution in [0, 0.1) is 10.8 Å². The van der Waals surface area contributed by atoms with E-state index in [9.17, 15) is 0 Å². The standard InChI is InChI=1S/C19H26N6O2/c1-5-23(10-18(1)3-7-26-12-18)15-9-16(25-17(22-15)20-14-21-25)24-6-2-19(11-24)4-8-27-13-19/h9,14H,1-8,10-13H2/t18-,19-/m0/s1. The van der Waals surface area contributed by atoms with Gasteiger partial charge in [-0.3, -0.25) is 0 Å². The summed E-state index contributed by atoms with van der Waals surface area (Å²) in [4.78, 5) is 14.1. The minimum atomic E-state index is 0.315. The van der Waals surface area contributed by atoms with Crippen molar-refractivity contribution in [2.75, 3.05) is 62.4 Å². The number of fused-ring (bicyclic) bond motifs is 1. The van der Waals surface area contributed by atoms with Crippen molar-refractivity contribution >= 4 is 17.4 Å². The molecule has 2 atom stereocenters. The largest absolute Gasteiger partial charge is 0.381 e. The van der Waals surface area contributed by atoms with Crippen molar-refractivity contribution in [2.45, 2.75) is 25.7 Å². The third kappa shape index (κ3) is 2.53.